The van der Waals surface area contributed by atoms with Crippen molar-refractivity contribution < 1.29 is 4.79 Å². The van der Waals surface area contributed by atoms with Crippen LogP contribution < -0.4 is 0 Å². The summed E-state index contributed by atoms with van der Waals surface area (Å²) in [5.41, 5.74) is 6.41. The van der Waals surface area contributed by atoms with Gasteiger partial charge in [-0.1, -0.05) is 71.8 Å². The van der Waals surface area contributed by atoms with Gasteiger partial charge < -0.3 is 0 Å². The maximum atomic E-state index is 13.0. The summed E-state index contributed by atoms with van der Waals surface area (Å²) in [5, 5.41) is 1.07. The highest BCUT2D eigenvalue weighted by Crippen LogP contribution is 2.30. The predicted molar refractivity (Wildman–Crippen MR) is 107 cm³/mol. The van der Waals surface area contributed by atoms with E-state index in [1.807, 2.05) is 67.6 Å². The first kappa shape index (κ1) is 16.2. The normalized spacial score (nSPS) is 10.8. The number of hydrogen-bond acceptors (Lipinski definition) is 2. The monoisotopic (exact) mass is 337 g/mol. The van der Waals surface area contributed by atoms with Crippen molar-refractivity contribution in [1.82, 2.24) is 4.98 Å². The van der Waals surface area contributed by atoms with Gasteiger partial charge in [0.15, 0.2) is 0 Å². The van der Waals surface area contributed by atoms with Crippen LogP contribution in [0.2, 0.25) is 0 Å². The number of pyridine rings is 1. The summed E-state index contributed by atoms with van der Waals surface area (Å²) in [6.45, 7) is 4.08. The maximum absolute atomic E-state index is 13.0. The van der Waals surface area contributed by atoms with Gasteiger partial charge in [-0.25, -0.2) is 4.98 Å². The highest BCUT2D eigenvalue weighted by atomic mass is 16.1. The predicted octanol–water partition coefficient (Wildman–Crippen LogP) is 5.75. The molecule has 4 rings (SSSR count). The molecule has 0 saturated heterocycles. The molecule has 0 aliphatic rings. The Morgan fingerprint density at radius 3 is 2.19 bits per heavy atom. The molecule has 2 nitrogen and oxygen atoms in total. The fraction of sp³-hybridized carbons (Fsp3) is 0.0833. The third kappa shape index (κ3) is 3.02. The van der Waals surface area contributed by atoms with Crippen molar-refractivity contribution in [3.05, 3.63) is 101 Å². The van der Waals surface area contributed by atoms with Crippen LogP contribution in [0.25, 0.3) is 22.0 Å². The first-order chi connectivity index (χ1) is 12.6. The minimum absolute atomic E-state index is 0.0512. The van der Waals surface area contributed by atoms with Gasteiger partial charge in [0, 0.05) is 10.9 Å². The smallest absolute Gasteiger partial charge is 0.211 e. The molecule has 26 heavy (non-hydrogen) atoms. The Morgan fingerprint density at radius 1 is 0.769 bits per heavy atom. The molecule has 2 heteroatoms. The van der Waals surface area contributed by atoms with Crippen LogP contribution in [0, 0.1) is 13.8 Å². The number of benzene rings is 3. The van der Waals surface area contributed by atoms with E-state index in [0.717, 1.165) is 27.6 Å². The fourth-order valence-corrected chi connectivity index (χ4v) is 3.17. The number of aryl methyl sites for hydroxylation is 2. The molecule has 0 spiro atoms. The Hall–Kier alpha value is -3.26. The van der Waals surface area contributed by atoms with Crippen LogP contribution in [0.15, 0.2) is 78.9 Å². The van der Waals surface area contributed by atoms with Gasteiger partial charge in [-0.3, -0.25) is 4.79 Å². The van der Waals surface area contributed by atoms with E-state index in [9.17, 15) is 4.79 Å². The molecule has 0 radical (unpaired) electrons. The van der Waals surface area contributed by atoms with E-state index in [4.69, 9.17) is 0 Å². The number of nitrogens with zero attached hydrogens (tertiary/aromatic N) is 1. The Labute approximate surface area is 153 Å². The average Bonchev–Trinajstić information content (AvgIpc) is 2.68. The first-order valence-corrected chi connectivity index (χ1v) is 8.70. The number of rotatable bonds is 3. The van der Waals surface area contributed by atoms with Crippen molar-refractivity contribution in [2.45, 2.75) is 13.8 Å². The fourth-order valence-electron chi connectivity index (χ4n) is 3.17. The molecule has 0 fully saturated rings. The number of carbonyl (C=O) groups is 1. The van der Waals surface area contributed by atoms with Crippen molar-refractivity contribution >= 4 is 16.7 Å². The SMILES string of the molecule is Cc1ccc(C(=O)c2cc(-c3ccccc3)c3cc(C)ccc3n2)cc1. The molecule has 1 heterocycles. The summed E-state index contributed by atoms with van der Waals surface area (Å²) < 4.78 is 0. The number of carbonyl (C=O) groups excluding carboxylic acids is 1. The van der Waals surface area contributed by atoms with Crippen LogP contribution in [-0.4, -0.2) is 10.8 Å². The number of hydrogen-bond donors (Lipinski definition) is 0. The zero-order chi connectivity index (χ0) is 18.1. The van der Waals surface area contributed by atoms with Crippen molar-refractivity contribution in [3.8, 4) is 11.1 Å². The van der Waals surface area contributed by atoms with Crippen molar-refractivity contribution in [2.24, 2.45) is 0 Å². The molecule has 0 saturated carbocycles. The van der Waals surface area contributed by atoms with E-state index in [2.05, 4.69) is 30.1 Å². The van der Waals surface area contributed by atoms with Crippen LogP contribution in [-0.2, 0) is 0 Å². The number of aromatic nitrogens is 1. The van der Waals surface area contributed by atoms with Crippen LogP contribution in [0.5, 0.6) is 0 Å². The third-order valence-corrected chi connectivity index (χ3v) is 4.60. The van der Waals surface area contributed by atoms with Crippen molar-refractivity contribution in [2.75, 3.05) is 0 Å². The summed E-state index contributed by atoms with van der Waals surface area (Å²) in [6.07, 6.45) is 0. The lowest BCUT2D eigenvalue weighted by Gasteiger charge is -2.11. The molecule has 0 atom stereocenters. The zero-order valence-corrected chi connectivity index (χ0v) is 14.9. The summed E-state index contributed by atoms with van der Waals surface area (Å²) in [7, 11) is 0. The van der Waals surface area contributed by atoms with Gasteiger partial charge in [0.1, 0.15) is 5.69 Å². The molecule has 0 aliphatic heterocycles. The lowest BCUT2D eigenvalue weighted by atomic mass is 9.97. The minimum atomic E-state index is -0.0512. The highest BCUT2D eigenvalue weighted by Gasteiger charge is 2.15. The van der Waals surface area contributed by atoms with Crippen molar-refractivity contribution in [3.63, 3.8) is 0 Å². The van der Waals surface area contributed by atoms with E-state index in [0.29, 0.717) is 11.3 Å². The lowest BCUT2D eigenvalue weighted by Crippen LogP contribution is -2.05. The van der Waals surface area contributed by atoms with Gasteiger partial charge in [-0.05, 0) is 43.2 Å². The van der Waals surface area contributed by atoms with E-state index in [1.165, 1.54) is 5.56 Å². The van der Waals surface area contributed by atoms with Crippen molar-refractivity contribution in [1.29, 1.82) is 0 Å². The third-order valence-electron chi connectivity index (χ3n) is 4.60. The average molecular weight is 337 g/mol. The van der Waals surface area contributed by atoms with Crippen LogP contribution in [0.1, 0.15) is 27.2 Å². The largest absolute Gasteiger partial charge is 0.287 e. The molecular weight excluding hydrogens is 318 g/mol. The van der Waals surface area contributed by atoms with Gasteiger partial charge >= 0.3 is 0 Å². The Kier molecular flexibility index (Phi) is 4.10. The zero-order valence-electron chi connectivity index (χ0n) is 14.9. The first-order valence-electron chi connectivity index (χ1n) is 8.70. The Bertz CT molecular complexity index is 1100. The second kappa shape index (κ2) is 6.57. The van der Waals surface area contributed by atoms with E-state index < -0.39 is 0 Å². The second-order valence-electron chi connectivity index (χ2n) is 6.64. The summed E-state index contributed by atoms with van der Waals surface area (Å²) >= 11 is 0. The standard InChI is InChI=1S/C24H19NO/c1-16-8-11-19(12-9-16)24(26)23-15-20(18-6-4-3-5-7-18)21-14-17(2)10-13-22(21)25-23/h3-15H,1-2H3. The van der Waals surface area contributed by atoms with Gasteiger partial charge in [-0.2, -0.15) is 0 Å². The Morgan fingerprint density at radius 2 is 1.46 bits per heavy atom. The topological polar surface area (TPSA) is 30.0 Å². The van der Waals surface area contributed by atoms with Gasteiger partial charge in [0.2, 0.25) is 5.78 Å². The van der Waals surface area contributed by atoms with E-state index in [1.54, 1.807) is 0 Å². The van der Waals surface area contributed by atoms with Crippen LogP contribution in [0.3, 0.4) is 0 Å². The highest BCUT2D eigenvalue weighted by molar-refractivity contribution is 6.10. The number of ketones is 1. The lowest BCUT2D eigenvalue weighted by molar-refractivity contribution is 0.103. The molecule has 126 valence electrons. The second-order valence-corrected chi connectivity index (χ2v) is 6.64. The minimum Gasteiger partial charge on any atom is -0.287 e. The van der Waals surface area contributed by atoms with Crippen LogP contribution in [0.4, 0.5) is 0 Å². The summed E-state index contributed by atoms with van der Waals surface area (Å²) in [5.74, 6) is -0.0512. The molecule has 0 N–H and O–H groups in total. The summed E-state index contributed by atoms with van der Waals surface area (Å²) in [6, 6.07) is 25.9. The molecule has 0 bridgehead atoms. The maximum Gasteiger partial charge on any atom is 0.211 e. The molecular formula is C24H19NO. The van der Waals surface area contributed by atoms with E-state index >= 15 is 0 Å². The Balaban J connectivity index is 1.93. The molecule has 0 unspecified atom stereocenters. The van der Waals surface area contributed by atoms with Gasteiger partial charge in [-0.15, -0.1) is 0 Å². The van der Waals surface area contributed by atoms with E-state index in [-0.39, 0.29) is 5.78 Å². The molecule has 0 amide bonds. The molecule has 0 aliphatic carbocycles. The molecule has 1 aromatic heterocycles. The summed E-state index contributed by atoms with van der Waals surface area (Å²) in [4.78, 5) is 17.6. The number of fused-ring (bicyclic) bond motifs is 1. The van der Waals surface area contributed by atoms with Gasteiger partial charge in [0.25, 0.3) is 0 Å². The molecule has 3 aromatic carbocycles. The van der Waals surface area contributed by atoms with Gasteiger partial charge in [0.05, 0.1) is 5.52 Å². The molecule has 4 aromatic rings. The quantitative estimate of drug-likeness (QED) is 0.446. The van der Waals surface area contributed by atoms with Crippen LogP contribution >= 0.6 is 0 Å².